The van der Waals surface area contributed by atoms with E-state index in [4.69, 9.17) is 4.74 Å². The summed E-state index contributed by atoms with van der Waals surface area (Å²) in [6.07, 6.45) is 1.54. The van der Waals surface area contributed by atoms with E-state index in [0.29, 0.717) is 16.2 Å². The lowest BCUT2D eigenvalue weighted by molar-refractivity contribution is 0.0739. The Morgan fingerprint density at radius 3 is 2.48 bits per heavy atom. The van der Waals surface area contributed by atoms with Gasteiger partial charge in [-0.05, 0) is 58.1 Å². The van der Waals surface area contributed by atoms with Crippen LogP contribution in [0, 0.1) is 0 Å². The highest BCUT2D eigenvalue weighted by Gasteiger charge is 2.10. The predicted molar refractivity (Wildman–Crippen MR) is 115 cm³/mol. The predicted octanol–water partition coefficient (Wildman–Crippen LogP) is 4.88. The number of nitrogens with one attached hydrogen (secondary N) is 1. The topological polar surface area (TPSA) is 67.8 Å². The van der Waals surface area contributed by atoms with E-state index >= 15 is 0 Å². The summed E-state index contributed by atoms with van der Waals surface area (Å²) in [6.45, 7) is 0. The zero-order chi connectivity index (χ0) is 20.1. The van der Waals surface area contributed by atoms with E-state index in [1.807, 2.05) is 41.8 Å². The molecule has 29 heavy (non-hydrogen) atoms. The Kier molecular flexibility index (Phi) is 5.45. The molecule has 4 rings (SSSR count). The fraction of sp³-hybridized carbons (Fsp3) is 0. The minimum absolute atomic E-state index is 0.278. The van der Waals surface area contributed by atoms with Gasteiger partial charge in [-0.1, -0.05) is 42.5 Å². The highest BCUT2D eigenvalue weighted by molar-refractivity contribution is 7.12. The molecule has 0 saturated heterocycles. The maximum absolute atomic E-state index is 12.5. The Hall–Kier alpha value is -3.77. The lowest BCUT2D eigenvalue weighted by Crippen LogP contribution is -2.17. The average Bonchev–Trinajstić information content (AvgIpc) is 3.30. The molecule has 0 radical (unpaired) electrons. The minimum atomic E-state index is -0.385. The number of benzene rings is 3. The van der Waals surface area contributed by atoms with Gasteiger partial charge in [-0.25, -0.2) is 10.2 Å². The third-order valence-electron chi connectivity index (χ3n) is 4.23. The smallest absolute Gasteiger partial charge is 0.353 e. The summed E-state index contributed by atoms with van der Waals surface area (Å²) in [6, 6.07) is 23.7. The molecule has 0 aliphatic rings. The molecule has 0 aliphatic heterocycles. The number of ether oxygens (including phenoxy) is 1. The number of rotatable bonds is 5. The minimum Gasteiger partial charge on any atom is -0.422 e. The first-order chi connectivity index (χ1) is 14.2. The number of carbonyl (C=O) groups excluding carboxylic acids is 2. The lowest BCUT2D eigenvalue weighted by Gasteiger charge is -2.05. The first-order valence-electron chi connectivity index (χ1n) is 8.87. The molecular formula is C23H16N2O3S. The third kappa shape index (κ3) is 4.39. The second kappa shape index (κ2) is 8.50. The molecule has 0 spiro atoms. The van der Waals surface area contributed by atoms with Crippen molar-refractivity contribution in [3.05, 3.63) is 100 Å². The van der Waals surface area contributed by atoms with Crippen molar-refractivity contribution in [2.24, 2.45) is 5.10 Å². The van der Waals surface area contributed by atoms with E-state index in [1.54, 1.807) is 42.5 Å². The molecule has 1 heterocycles. The Balaban J connectivity index is 1.39. The molecule has 0 bridgehead atoms. The highest BCUT2D eigenvalue weighted by Crippen LogP contribution is 2.18. The van der Waals surface area contributed by atoms with Gasteiger partial charge in [0, 0.05) is 5.56 Å². The molecule has 1 amide bonds. The van der Waals surface area contributed by atoms with Crippen molar-refractivity contribution in [3.63, 3.8) is 0 Å². The number of hydrogen-bond donors (Lipinski definition) is 1. The van der Waals surface area contributed by atoms with E-state index in [9.17, 15) is 9.59 Å². The van der Waals surface area contributed by atoms with Crippen LogP contribution in [0.3, 0.4) is 0 Å². The molecular weight excluding hydrogens is 384 g/mol. The Morgan fingerprint density at radius 1 is 0.897 bits per heavy atom. The molecule has 1 aromatic heterocycles. The standard InChI is InChI=1S/C23H16N2O3S/c26-22(20-8-3-6-17-5-1-2-7-19(17)20)25-24-15-16-10-12-18(13-11-16)28-23(27)21-9-4-14-29-21/h1-15H,(H,25,26)/b24-15-. The van der Waals surface area contributed by atoms with Crippen molar-refractivity contribution in [3.8, 4) is 5.75 Å². The van der Waals surface area contributed by atoms with E-state index in [2.05, 4.69) is 10.5 Å². The Morgan fingerprint density at radius 2 is 1.69 bits per heavy atom. The maximum Gasteiger partial charge on any atom is 0.353 e. The van der Waals surface area contributed by atoms with Gasteiger partial charge in [0.05, 0.1) is 6.21 Å². The SMILES string of the molecule is O=C(Oc1ccc(/C=N\NC(=O)c2cccc3ccccc23)cc1)c1cccs1. The molecule has 1 N–H and O–H groups in total. The zero-order valence-electron chi connectivity index (χ0n) is 15.2. The summed E-state index contributed by atoms with van der Waals surface area (Å²) in [5.74, 6) is -0.219. The Bertz CT molecular complexity index is 1180. The molecule has 0 fully saturated rings. The fourth-order valence-corrected chi connectivity index (χ4v) is 3.42. The summed E-state index contributed by atoms with van der Waals surface area (Å²) in [5, 5.41) is 7.72. The van der Waals surface area contributed by atoms with Gasteiger partial charge in [-0.15, -0.1) is 11.3 Å². The first-order valence-corrected chi connectivity index (χ1v) is 9.75. The number of esters is 1. The van der Waals surface area contributed by atoms with Gasteiger partial charge < -0.3 is 4.74 Å². The molecule has 0 aliphatic carbocycles. The van der Waals surface area contributed by atoms with Gasteiger partial charge >= 0.3 is 5.97 Å². The van der Waals surface area contributed by atoms with Crippen LogP contribution in [0.2, 0.25) is 0 Å². The van der Waals surface area contributed by atoms with Crippen LogP contribution in [-0.4, -0.2) is 18.1 Å². The Labute approximate surface area is 171 Å². The maximum atomic E-state index is 12.5. The quantitative estimate of drug-likeness (QED) is 0.225. The zero-order valence-corrected chi connectivity index (χ0v) is 16.1. The van der Waals surface area contributed by atoms with Gasteiger partial charge in [0.15, 0.2) is 0 Å². The largest absolute Gasteiger partial charge is 0.422 e. The molecule has 0 saturated carbocycles. The van der Waals surface area contributed by atoms with Crippen LogP contribution in [0.4, 0.5) is 0 Å². The van der Waals surface area contributed by atoms with E-state index < -0.39 is 0 Å². The number of carbonyl (C=O) groups is 2. The van der Waals surface area contributed by atoms with E-state index in [1.165, 1.54) is 17.6 Å². The molecule has 3 aromatic carbocycles. The van der Waals surface area contributed by atoms with Crippen molar-refractivity contribution < 1.29 is 14.3 Å². The number of hydrazone groups is 1. The molecule has 0 unspecified atom stereocenters. The summed E-state index contributed by atoms with van der Waals surface area (Å²) >= 11 is 1.33. The first kappa shape index (κ1) is 18.6. The van der Waals surface area contributed by atoms with Crippen molar-refractivity contribution in [1.82, 2.24) is 5.43 Å². The molecule has 4 aromatic rings. The number of hydrogen-bond acceptors (Lipinski definition) is 5. The van der Waals surface area contributed by atoms with Crippen molar-refractivity contribution in [2.75, 3.05) is 0 Å². The summed E-state index contributed by atoms with van der Waals surface area (Å²) in [7, 11) is 0. The fourth-order valence-electron chi connectivity index (χ4n) is 2.82. The van der Waals surface area contributed by atoms with Gasteiger partial charge in [0.2, 0.25) is 0 Å². The van der Waals surface area contributed by atoms with Gasteiger partial charge in [-0.2, -0.15) is 5.10 Å². The van der Waals surface area contributed by atoms with Crippen LogP contribution in [0.25, 0.3) is 10.8 Å². The monoisotopic (exact) mass is 400 g/mol. The highest BCUT2D eigenvalue weighted by atomic mass is 32.1. The lowest BCUT2D eigenvalue weighted by atomic mass is 10.0. The van der Waals surface area contributed by atoms with Crippen LogP contribution in [0.15, 0.2) is 89.3 Å². The van der Waals surface area contributed by atoms with Crippen molar-refractivity contribution in [1.29, 1.82) is 0 Å². The third-order valence-corrected chi connectivity index (χ3v) is 5.08. The number of thiophene rings is 1. The van der Waals surface area contributed by atoms with E-state index in [0.717, 1.165) is 16.3 Å². The molecule has 5 nitrogen and oxygen atoms in total. The van der Waals surface area contributed by atoms with Gasteiger partial charge in [0.1, 0.15) is 10.6 Å². The van der Waals surface area contributed by atoms with Gasteiger partial charge in [0.25, 0.3) is 5.91 Å². The van der Waals surface area contributed by atoms with Crippen molar-refractivity contribution >= 4 is 40.2 Å². The second-order valence-corrected chi connectivity index (χ2v) is 7.11. The normalized spacial score (nSPS) is 10.9. The van der Waals surface area contributed by atoms with Crippen LogP contribution < -0.4 is 10.2 Å². The average molecular weight is 400 g/mol. The molecule has 0 atom stereocenters. The number of nitrogens with zero attached hydrogens (tertiary/aromatic N) is 1. The van der Waals surface area contributed by atoms with Crippen LogP contribution in [0.1, 0.15) is 25.6 Å². The molecule has 6 heteroatoms. The van der Waals surface area contributed by atoms with Crippen LogP contribution in [0.5, 0.6) is 5.75 Å². The van der Waals surface area contributed by atoms with E-state index in [-0.39, 0.29) is 11.9 Å². The number of amides is 1. The second-order valence-electron chi connectivity index (χ2n) is 6.16. The molecule has 142 valence electrons. The van der Waals surface area contributed by atoms with Crippen LogP contribution >= 0.6 is 11.3 Å². The summed E-state index contributed by atoms with van der Waals surface area (Å²) in [5.41, 5.74) is 3.88. The van der Waals surface area contributed by atoms with Crippen LogP contribution in [-0.2, 0) is 0 Å². The van der Waals surface area contributed by atoms with Gasteiger partial charge in [-0.3, -0.25) is 4.79 Å². The summed E-state index contributed by atoms with van der Waals surface area (Å²) in [4.78, 5) is 25.0. The number of fused-ring (bicyclic) bond motifs is 1. The van der Waals surface area contributed by atoms with Crippen molar-refractivity contribution in [2.45, 2.75) is 0 Å². The summed E-state index contributed by atoms with van der Waals surface area (Å²) < 4.78 is 5.31.